The molecule has 32 heavy (non-hydrogen) atoms. The van der Waals surface area contributed by atoms with Gasteiger partial charge in [0.05, 0.1) is 0 Å². The quantitative estimate of drug-likeness (QED) is 0.305. The Kier molecular flexibility index (Phi) is 5.34. The second-order valence-corrected chi connectivity index (χ2v) is 7.87. The number of aromatic amines is 1. The number of carbonyl (C=O) groups is 2. The second-order valence-electron chi connectivity index (χ2n) is 7.87. The summed E-state index contributed by atoms with van der Waals surface area (Å²) in [6.45, 7) is 0.223. The predicted octanol–water partition coefficient (Wildman–Crippen LogP) is 4.32. The van der Waals surface area contributed by atoms with Gasteiger partial charge >= 0.3 is 6.09 Å². The Morgan fingerprint density at radius 3 is 2.34 bits per heavy atom. The van der Waals surface area contributed by atoms with E-state index in [1.54, 1.807) is 0 Å². The van der Waals surface area contributed by atoms with Crippen LogP contribution in [0, 0.1) is 0 Å². The maximum atomic E-state index is 12.6. The van der Waals surface area contributed by atoms with E-state index >= 15 is 0 Å². The lowest BCUT2D eigenvalue weighted by Gasteiger charge is -2.19. The smallest absolute Gasteiger partial charge is 0.408 e. The van der Waals surface area contributed by atoms with E-state index < -0.39 is 12.3 Å². The summed E-state index contributed by atoms with van der Waals surface area (Å²) in [5, 5.41) is 6.50. The molecule has 1 aliphatic carbocycles. The zero-order valence-electron chi connectivity index (χ0n) is 17.4. The molecule has 5 rings (SSSR count). The van der Waals surface area contributed by atoms with E-state index in [1.807, 2.05) is 54.7 Å². The fourth-order valence-corrected chi connectivity index (χ4v) is 4.54. The Morgan fingerprint density at radius 1 is 0.969 bits per heavy atom. The van der Waals surface area contributed by atoms with Gasteiger partial charge in [-0.05, 0) is 33.9 Å². The van der Waals surface area contributed by atoms with E-state index in [2.05, 4.69) is 39.9 Å². The van der Waals surface area contributed by atoms with Gasteiger partial charge in [-0.3, -0.25) is 4.79 Å². The number of nitrogens with one attached hydrogen (secondary N) is 3. The van der Waals surface area contributed by atoms with Crippen molar-refractivity contribution in [3.05, 3.63) is 95.7 Å². The molecule has 160 valence electrons. The summed E-state index contributed by atoms with van der Waals surface area (Å²) in [4.78, 5) is 26.9. The molecule has 3 aromatic carbocycles. The first-order valence-electron chi connectivity index (χ1n) is 10.6. The molecule has 4 aromatic rings. The largest absolute Gasteiger partial charge is 0.449 e. The minimum absolute atomic E-state index is 0.0146. The van der Waals surface area contributed by atoms with Crippen LogP contribution in [0.15, 0.2) is 79.0 Å². The lowest BCUT2D eigenvalue weighted by atomic mass is 9.98. The van der Waals surface area contributed by atoms with Crippen LogP contribution in [0.1, 0.15) is 22.6 Å². The van der Waals surface area contributed by atoms with E-state index in [-0.39, 0.29) is 12.5 Å². The maximum absolute atomic E-state index is 12.6. The van der Waals surface area contributed by atoms with Gasteiger partial charge in [0.2, 0.25) is 6.41 Å². The molecular weight excluding hydrogens is 402 g/mol. The highest BCUT2D eigenvalue weighted by Gasteiger charge is 2.29. The first-order chi connectivity index (χ1) is 15.7. The molecule has 0 aliphatic heterocycles. The van der Waals surface area contributed by atoms with Crippen molar-refractivity contribution in [2.45, 2.75) is 18.5 Å². The lowest BCUT2D eigenvalue weighted by Crippen LogP contribution is -2.46. The molecular formula is C26H23N3O3. The molecule has 1 aromatic heterocycles. The lowest BCUT2D eigenvalue weighted by molar-refractivity contribution is -0.110. The van der Waals surface area contributed by atoms with Crippen LogP contribution in [0.25, 0.3) is 22.0 Å². The van der Waals surface area contributed by atoms with Crippen molar-refractivity contribution < 1.29 is 14.3 Å². The summed E-state index contributed by atoms with van der Waals surface area (Å²) in [5.74, 6) is -0.0146. The SMILES string of the molecule is O=CN[C@H](Cc1c[nH]c2ccccc12)NC(=O)OCC1c2ccccc2-c2ccccc21. The number of benzene rings is 3. The molecule has 6 nitrogen and oxygen atoms in total. The summed E-state index contributed by atoms with van der Waals surface area (Å²) in [6.07, 6.45) is 1.77. The molecule has 0 saturated heterocycles. The van der Waals surface area contributed by atoms with Gasteiger partial charge in [0.15, 0.2) is 0 Å². The minimum Gasteiger partial charge on any atom is -0.449 e. The normalized spacial score (nSPS) is 13.2. The number of hydrogen-bond donors (Lipinski definition) is 3. The molecule has 0 saturated carbocycles. The molecule has 3 N–H and O–H groups in total. The van der Waals surface area contributed by atoms with Crippen LogP contribution in [0.3, 0.4) is 0 Å². The number of alkyl carbamates (subject to hydrolysis) is 1. The topological polar surface area (TPSA) is 83.2 Å². The third-order valence-corrected chi connectivity index (χ3v) is 6.00. The second kappa shape index (κ2) is 8.59. The van der Waals surface area contributed by atoms with Crippen LogP contribution in [0.5, 0.6) is 0 Å². The third kappa shape index (κ3) is 3.71. The Morgan fingerprint density at radius 2 is 1.62 bits per heavy atom. The van der Waals surface area contributed by atoms with Crippen LogP contribution in [-0.4, -0.2) is 30.3 Å². The van der Waals surface area contributed by atoms with Crippen LogP contribution in [0.4, 0.5) is 4.79 Å². The number of H-pyrrole nitrogens is 1. The molecule has 0 fully saturated rings. The molecule has 1 atom stereocenters. The van der Waals surface area contributed by atoms with Gasteiger partial charge in [-0.25, -0.2) is 4.79 Å². The van der Waals surface area contributed by atoms with Crippen LogP contribution >= 0.6 is 0 Å². The van der Waals surface area contributed by atoms with Gasteiger partial charge in [-0.1, -0.05) is 66.7 Å². The number of aromatic nitrogens is 1. The number of para-hydroxylation sites is 1. The van der Waals surface area contributed by atoms with E-state index in [0.717, 1.165) is 27.6 Å². The number of fused-ring (bicyclic) bond motifs is 4. The number of rotatable bonds is 7. The molecule has 1 heterocycles. The van der Waals surface area contributed by atoms with Crippen molar-refractivity contribution in [1.82, 2.24) is 15.6 Å². The Balaban J connectivity index is 1.27. The molecule has 0 unspecified atom stereocenters. The summed E-state index contributed by atoms with van der Waals surface area (Å²) < 4.78 is 5.61. The number of carbonyl (C=O) groups excluding carboxylic acids is 2. The van der Waals surface area contributed by atoms with Crippen molar-refractivity contribution >= 4 is 23.4 Å². The first-order valence-corrected chi connectivity index (χ1v) is 10.6. The molecule has 0 bridgehead atoms. The van der Waals surface area contributed by atoms with Gasteiger partial charge in [0.1, 0.15) is 12.8 Å². The van der Waals surface area contributed by atoms with Crippen LogP contribution in [-0.2, 0) is 16.0 Å². The fraction of sp³-hybridized carbons (Fsp3) is 0.154. The highest BCUT2D eigenvalue weighted by atomic mass is 16.5. The average Bonchev–Trinajstić information content (AvgIpc) is 3.37. The number of hydrogen-bond acceptors (Lipinski definition) is 3. The van der Waals surface area contributed by atoms with Gasteiger partial charge < -0.3 is 20.4 Å². The molecule has 0 radical (unpaired) electrons. The standard InChI is InChI=1S/C26H23N3O3/c30-16-28-25(13-17-14-27-24-12-6-5-7-18(17)24)29-26(31)32-15-23-21-10-3-1-8-19(21)20-9-2-4-11-22(20)23/h1-12,14,16,23,25,27H,13,15H2,(H,28,30)(H,29,31)/t25-/m0/s1. The van der Waals surface area contributed by atoms with Gasteiger partial charge in [-0.15, -0.1) is 0 Å². The molecule has 6 heteroatoms. The summed E-state index contributed by atoms with van der Waals surface area (Å²) >= 11 is 0. The minimum atomic E-state index is -0.581. The molecule has 2 amide bonds. The predicted molar refractivity (Wildman–Crippen MR) is 123 cm³/mol. The summed E-state index contributed by atoms with van der Waals surface area (Å²) in [6, 6.07) is 24.3. The zero-order valence-corrected chi connectivity index (χ0v) is 17.4. The highest BCUT2D eigenvalue weighted by Crippen LogP contribution is 2.44. The molecule has 1 aliphatic rings. The van der Waals surface area contributed by atoms with E-state index in [0.29, 0.717) is 12.8 Å². The Hall–Kier alpha value is -4.06. The summed E-state index contributed by atoms with van der Waals surface area (Å²) in [7, 11) is 0. The Labute approximate surface area is 185 Å². The zero-order chi connectivity index (χ0) is 21.9. The fourth-order valence-electron chi connectivity index (χ4n) is 4.54. The van der Waals surface area contributed by atoms with E-state index in [1.165, 1.54) is 11.1 Å². The van der Waals surface area contributed by atoms with Crippen molar-refractivity contribution in [3.63, 3.8) is 0 Å². The van der Waals surface area contributed by atoms with Crippen LogP contribution in [0.2, 0.25) is 0 Å². The number of ether oxygens (including phenoxy) is 1. The van der Waals surface area contributed by atoms with Crippen molar-refractivity contribution in [3.8, 4) is 11.1 Å². The molecule has 0 spiro atoms. The van der Waals surface area contributed by atoms with E-state index in [4.69, 9.17) is 4.74 Å². The van der Waals surface area contributed by atoms with Gasteiger partial charge in [-0.2, -0.15) is 0 Å². The first kappa shape index (κ1) is 19.9. The van der Waals surface area contributed by atoms with Crippen molar-refractivity contribution in [1.29, 1.82) is 0 Å². The van der Waals surface area contributed by atoms with Gasteiger partial charge in [0.25, 0.3) is 0 Å². The van der Waals surface area contributed by atoms with Crippen molar-refractivity contribution in [2.75, 3.05) is 6.61 Å². The highest BCUT2D eigenvalue weighted by molar-refractivity contribution is 5.83. The number of amides is 2. The van der Waals surface area contributed by atoms with Gasteiger partial charge in [0, 0.05) is 29.4 Å². The Bertz CT molecular complexity index is 1230. The van der Waals surface area contributed by atoms with Crippen LogP contribution < -0.4 is 10.6 Å². The third-order valence-electron chi connectivity index (χ3n) is 6.00. The van der Waals surface area contributed by atoms with E-state index in [9.17, 15) is 9.59 Å². The van der Waals surface area contributed by atoms with Crippen molar-refractivity contribution in [2.24, 2.45) is 0 Å². The average molecular weight is 425 g/mol. The maximum Gasteiger partial charge on any atom is 0.408 e. The monoisotopic (exact) mass is 425 g/mol. The summed E-state index contributed by atoms with van der Waals surface area (Å²) in [5.41, 5.74) is 6.67.